The van der Waals surface area contributed by atoms with Crippen molar-refractivity contribution in [3.63, 3.8) is 0 Å². The van der Waals surface area contributed by atoms with Gasteiger partial charge in [0.2, 0.25) is 5.95 Å². The number of H-pyrrole nitrogens is 1. The smallest absolute Gasteiger partial charge is 0.270 e. The first-order valence-corrected chi connectivity index (χ1v) is 11.2. The highest BCUT2D eigenvalue weighted by Gasteiger charge is 2.22. The number of nitrogens with zero attached hydrogens (tertiary/aromatic N) is 3. The summed E-state index contributed by atoms with van der Waals surface area (Å²) in [6, 6.07) is 16.2. The van der Waals surface area contributed by atoms with Crippen molar-refractivity contribution >= 4 is 44.8 Å². The molecule has 0 aliphatic carbocycles. The Morgan fingerprint density at radius 2 is 1.80 bits per heavy atom. The third kappa shape index (κ3) is 3.46. The monoisotopic (exact) mass is 436 g/mol. The summed E-state index contributed by atoms with van der Waals surface area (Å²) in [5, 5.41) is 2.79. The number of rotatable bonds is 3. The van der Waals surface area contributed by atoms with Crippen LogP contribution in [0, 0.1) is 6.92 Å². The predicted molar refractivity (Wildman–Crippen MR) is 126 cm³/mol. The molecule has 1 aliphatic rings. The van der Waals surface area contributed by atoms with Crippen LogP contribution in [0.4, 0.5) is 11.6 Å². The van der Waals surface area contributed by atoms with Gasteiger partial charge >= 0.3 is 0 Å². The number of thiophene rings is 1. The fourth-order valence-electron chi connectivity index (χ4n) is 3.95. The van der Waals surface area contributed by atoms with E-state index in [0.717, 1.165) is 53.5 Å². The van der Waals surface area contributed by atoms with E-state index in [1.165, 1.54) is 16.9 Å². The van der Waals surface area contributed by atoms with Crippen molar-refractivity contribution in [1.29, 1.82) is 0 Å². The van der Waals surface area contributed by atoms with Crippen LogP contribution in [-0.2, 0) is 0 Å². The van der Waals surface area contributed by atoms with Crippen LogP contribution in [0.3, 0.4) is 0 Å². The van der Waals surface area contributed by atoms with Crippen LogP contribution in [0.2, 0.25) is 5.02 Å². The van der Waals surface area contributed by atoms with Gasteiger partial charge in [-0.15, -0.1) is 11.3 Å². The Labute approximate surface area is 183 Å². The fourth-order valence-corrected chi connectivity index (χ4v) is 5.11. The van der Waals surface area contributed by atoms with Crippen LogP contribution < -0.4 is 15.4 Å². The average Bonchev–Trinajstić information content (AvgIpc) is 3.19. The number of nitrogens with one attached hydrogen (secondary N) is 1. The molecule has 1 fully saturated rings. The molecule has 0 radical (unpaired) electrons. The summed E-state index contributed by atoms with van der Waals surface area (Å²) in [5.74, 6) is 0.638. The first-order chi connectivity index (χ1) is 14.6. The molecule has 0 amide bonds. The van der Waals surface area contributed by atoms with E-state index in [1.807, 2.05) is 35.7 Å². The van der Waals surface area contributed by atoms with Gasteiger partial charge in [0.05, 0.1) is 16.2 Å². The van der Waals surface area contributed by atoms with Crippen LogP contribution in [0.1, 0.15) is 5.56 Å². The van der Waals surface area contributed by atoms with Gasteiger partial charge in [-0.05, 0) is 24.6 Å². The molecule has 0 saturated carbocycles. The number of para-hydroxylation sites is 1. The molecule has 2 aromatic heterocycles. The summed E-state index contributed by atoms with van der Waals surface area (Å²) in [6.45, 7) is 5.25. The van der Waals surface area contributed by atoms with Crippen molar-refractivity contribution in [2.75, 3.05) is 36.0 Å². The Kier molecular flexibility index (Phi) is 4.97. The molecule has 0 unspecified atom stereocenters. The lowest BCUT2D eigenvalue weighted by molar-refractivity contribution is 0.640. The summed E-state index contributed by atoms with van der Waals surface area (Å²) in [6.07, 6.45) is 0. The summed E-state index contributed by atoms with van der Waals surface area (Å²) in [7, 11) is 0. The van der Waals surface area contributed by atoms with E-state index >= 15 is 0 Å². The minimum absolute atomic E-state index is 0.0764. The Morgan fingerprint density at radius 3 is 2.57 bits per heavy atom. The predicted octanol–water partition coefficient (Wildman–Crippen LogP) is 4.94. The minimum Gasteiger partial charge on any atom is -0.367 e. The van der Waals surface area contributed by atoms with Crippen molar-refractivity contribution in [3.05, 3.63) is 74.9 Å². The molecule has 0 spiro atoms. The second kappa shape index (κ2) is 7.78. The summed E-state index contributed by atoms with van der Waals surface area (Å²) in [5.41, 5.74) is 5.04. The molecule has 5 rings (SSSR count). The van der Waals surface area contributed by atoms with Crippen molar-refractivity contribution < 1.29 is 0 Å². The number of hydrogen-bond donors (Lipinski definition) is 1. The van der Waals surface area contributed by atoms with E-state index in [1.54, 1.807) is 0 Å². The van der Waals surface area contributed by atoms with E-state index in [2.05, 4.69) is 39.9 Å². The maximum Gasteiger partial charge on any atom is 0.270 e. The Hall–Kier alpha value is -2.83. The van der Waals surface area contributed by atoms with E-state index in [9.17, 15) is 4.79 Å². The molecule has 1 aliphatic heterocycles. The van der Waals surface area contributed by atoms with Crippen LogP contribution >= 0.6 is 22.9 Å². The van der Waals surface area contributed by atoms with Gasteiger partial charge in [-0.3, -0.25) is 9.78 Å². The molecular formula is C23H21ClN4OS. The van der Waals surface area contributed by atoms with Crippen molar-refractivity contribution in [1.82, 2.24) is 9.97 Å². The highest BCUT2D eigenvalue weighted by atomic mass is 35.5. The normalized spacial score (nSPS) is 14.5. The number of aryl methyl sites for hydroxylation is 1. The molecule has 152 valence electrons. The first kappa shape index (κ1) is 19.2. The van der Waals surface area contributed by atoms with Crippen molar-refractivity contribution in [2.24, 2.45) is 0 Å². The number of benzene rings is 2. The van der Waals surface area contributed by atoms with E-state index in [-0.39, 0.29) is 5.56 Å². The van der Waals surface area contributed by atoms with E-state index in [0.29, 0.717) is 10.6 Å². The SMILES string of the molecule is Cc1cccc(-c2csc3c(=O)[nH]c(N4CCN(c5ccccc5Cl)CC4)nc23)c1. The highest BCUT2D eigenvalue weighted by Crippen LogP contribution is 2.32. The molecule has 0 bridgehead atoms. The molecule has 1 N–H and O–H groups in total. The summed E-state index contributed by atoms with van der Waals surface area (Å²) < 4.78 is 0.671. The van der Waals surface area contributed by atoms with Gasteiger partial charge in [-0.2, -0.15) is 0 Å². The maximum atomic E-state index is 12.7. The van der Waals surface area contributed by atoms with Crippen LogP contribution in [0.15, 0.2) is 58.7 Å². The largest absolute Gasteiger partial charge is 0.367 e. The standard InChI is InChI=1S/C23H21ClN4OS/c1-15-5-4-6-16(13-15)17-14-30-21-20(17)25-23(26-22(21)29)28-11-9-27(10-12-28)19-8-3-2-7-18(19)24/h2-8,13-14H,9-12H2,1H3,(H,25,26,29). The quantitative estimate of drug-likeness (QED) is 0.494. The van der Waals surface area contributed by atoms with Gasteiger partial charge in [-0.25, -0.2) is 4.98 Å². The van der Waals surface area contributed by atoms with Crippen LogP contribution in [0.5, 0.6) is 0 Å². The van der Waals surface area contributed by atoms with Crippen LogP contribution in [0.25, 0.3) is 21.3 Å². The Balaban J connectivity index is 1.45. The highest BCUT2D eigenvalue weighted by molar-refractivity contribution is 7.17. The van der Waals surface area contributed by atoms with Crippen LogP contribution in [-0.4, -0.2) is 36.1 Å². The zero-order valence-electron chi connectivity index (χ0n) is 16.6. The molecular weight excluding hydrogens is 416 g/mol. The van der Waals surface area contributed by atoms with Gasteiger partial charge in [0.25, 0.3) is 5.56 Å². The molecule has 7 heteroatoms. The van der Waals surface area contributed by atoms with Gasteiger partial charge in [0, 0.05) is 37.1 Å². The molecule has 30 heavy (non-hydrogen) atoms. The number of piperazine rings is 1. The topological polar surface area (TPSA) is 52.2 Å². The zero-order valence-corrected chi connectivity index (χ0v) is 18.1. The zero-order chi connectivity index (χ0) is 20.7. The molecule has 4 aromatic rings. The second-order valence-corrected chi connectivity index (χ2v) is 8.80. The van der Waals surface area contributed by atoms with E-state index < -0.39 is 0 Å². The molecule has 0 atom stereocenters. The van der Waals surface area contributed by atoms with Gasteiger partial charge in [0.15, 0.2) is 0 Å². The Morgan fingerprint density at radius 1 is 1.03 bits per heavy atom. The molecule has 2 aromatic carbocycles. The molecule has 3 heterocycles. The number of hydrogen-bond acceptors (Lipinski definition) is 5. The van der Waals surface area contributed by atoms with Crippen molar-refractivity contribution in [2.45, 2.75) is 6.92 Å². The lowest BCUT2D eigenvalue weighted by atomic mass is 10.1. The molecule has 5 nitrogen and oxygen atoms in total. The number of aromatic nitrogens is 2. The number of fused-ring (bicyclic) bond motifs is 1. The number of anilines is 2. The Bertz CT molecular complexity index is 1270. The number of halogens is 1. The van der Waals surface area contributed by atoms with Crippen molar-refractivity contribution in [3.8, 4) is 11.1 Å². The van der Waals surface area contributed by atoms with Gasteiger partial charge < -0.3 is 9.80 Å². The average molecular weight is 437 g/mol. The first-order valence-electron chi connectivity index (χ1n) is 9.93. The number of aromatic amines is 1. The van der Waals surface area contributed by atoms with Gasteiger partial charge in [0.1, 0.15) is 4.70 Å². The lowest BCUT2D eigenvalue weighted by Gasteiger charge is -2.36. The minimum atomic E-state index is -0.0764. The maximum absolute atomic E-state index is 12.7. The van der Waals surface area contributed by atoms with E-state index in [4.69, 9.17) is 16.6 Å². The second-order valence-electron chi connectivity index (χ2n) is 7.51. The summed E-state index contributed by atoms with van der Waals surface area (Å²) in [4.78, 5) is 25.0. The molecule has 1 saturated heterocycles. The fraction of sp³-hybridized carbons (Fsp3) is 0.217. The van der Waals surface area contributed by atoms with Gasteiger partial charge in [-0.1, -0.05) is 53.6 Å². The third-order valence-electron chi connectivity index (χ3n) is 5.52. The third-order valence-corrected chi connectivity index (χ3v) is 6.80. The lowest BCUT2D eigenvalue weighted by Crippen LogP contribution is -2.47. The summed E-state index contributed by atoms with van der Waals surface area (Å²) >= 11 is 7.81.